The third-order valence-electron chi connectivity index (χ3n) is 5.11. The summed E-state index contributed by atoms with van der Waals surface area (Å²) in [7, 11) is 0. The Morgan fingerprint density at radius 3 is 2.52 bits per heavy atom. The first kappa shape index (κ1) is 23.3. The Hall–Kier alpha value is -2.02. The van der Waals surface area contributed by atoms with Crippen molar-refractivity contribution in [2.24, 2.45) is 0 Å². The number of rotatable bonds is 9. The van der Waals surface area contributed by atoms with Crippen molar-refractivity contribution < 1.29 is 14.4 Å². The monoisotopic (exact) mass is 419 g/mol. The maximum Gasteiger partial charge on any atom is 0.251 e. The maximum absolute atomic E-state index is 12.6. The topological polar surface area (TPSA) is 78.5 Å². The molecule has 0 aromatic heterocycles. The lowest BCUT2D eigenvalue weighted by atomic mass is 10.1. The van der Waals surface area contributed by atoms with Gasteiger partial charge in [0.2, 0.25) is 11.8 Å². The van der Waals surface area contributed by atoms with E-state index in [9.17, 15) is 14.4 Å². The molecule has 1 aromatic carbocycles. The van der Waals surface area contributed by atoms with Crippen molar-refractivity contribution in [1.29, 1.82) is 0 Å². The van der Waals surface area contributed by atoms with Gasteiger partial charge in [-0.1, -0.05) is 30.5 Å². The van der Waals surface area contributed by atoms with Crippen LogP contribution in [0.15, 0.2) is 24.3 Å². The van der Waals surface area contributed by atoms with Crippen molar-refractivity contribution in [3.05, 3.63) is 35.4 Å². The summed E-state index contributed by atoms with van der Waals surface area (Å²) in [6.07, 6.45) is 7.28. The van der Waals surface area contributed by atoms with E-state index in [2.05, 4.69) is 10.6 Å². The number of carbonyl (C=O) groups excluding carboxylic acids is 3. The Balaban J connectivity index is 1.85. The van der Waals surface area contributed by atoms with Crippen LogP contribution in [0.1, 0.15) is 54.4 Å². The van der Waals surface area contributed by atoms with Crippen LogP contribution in [0.3, 0.4) is 0 Å². The highest BCUT2D eigenvalue weighted by Crippen LogP contribution is 2.11. The van der Waals surface area contributed by atoms with Gasteiger partial charge >= 0.3 is 0 Å². The third-order valence-corrected chi connectivity index (χ3v) is 5.75. The molecule has 160 valence electrons. The first-order chi connectivity index (χ1) is 14.0. The van der Waals surface area contributed by atoms with Crippen LogP contribution >= 0.6 is 11.8 Å². The van der Waals surface area contributed by atoms with Crippen LogP contribution in [0.2, 0.25) is 0 Å². The SMILES string of the molecule is CSCCC(NC(=O)c1cccc(C)c1)C(=O)NCCC(=O)N1CCCCCC1. The quantitative estimate of drug-likeness (QED) is 0.645. The molecule has 1 heterocycles. The number of likely N-dealkylation sites (tertiary alicyclic amines) is 1. The Bertz CT molecular complexity index is 688. The summed E-state index contributed by atoms with van der Waals surface area (Å²) in [4.78, 5) is 39.5. The molecule has 7 heteroatoms. The number of carbonyl (C=O) groups is 3. The van der Waals surface area contributed by atoms with Crippen LogP contribution in [0, 0.1) is 6.92 Å². The molecule has 1 unspecified atom stereocenters. The molecule has 3 amide bonds. The van der Waals surface area contributed by atoms with Crippen LogP contribution in [-0.4, -0.2) is 60.3 Å². The largest absolute Gasteiger partial charge is 0.354 e. The second-order valence-electron chi connectivity index (χ2n) is 7.51. The van der Waals surface area contributed by atoms with Crippen molar-refractivity contribution in [2.75, 3.05) is 31.6 Å². The van der Waals surface area contributed by atoms with Gasteiger partial charge in [0.15, 0.2) is 0 Å². The zero-order valence-electron chi connectivity index (χ0n) is 17.5. The summed E-state index contributed by atoms with van der Waals surface area (Å²) in [5, 5.41) is 5.68. The lowest BCUT2D eigenvalue weighted by molar-refractivity contribution is -0.131. The number of nitrogens with one attached hydrogen (secondary N) is 2. The minimum absolute atomic E-state index is 0.0941. The number of thioether (sulfide) groups is 1. The molecule has 1 aliphatic heterocycles. The number of aryl methyl sites for hydroxylation is 1. The van der Waals surface area contributed by atoms with Gasteiger partial charge in [-0.3, -0.25) is 14.4 Å². The first-order valence-corrected chi connectivity index (χ1v) is 11.8. The van der Waals surface area contributed by atoms with Crippen molar-refractivity contribution in [2.45, 2.75) is 51.5 Å². The molecule has 1 saturated heterocycles. The molecule has 29 heavy (non-hydrogen) atoms. The summed E-state index contributed by atoms with van der Waals surface area (Å²) in [6.45, 7) is 3.85. The lowest BCUT2D eigenvalue weighted by Crippen LogP contribution is -2.47. The Kier molecular flexibility index (Phi) is 10.0. The van der Waals surface area contributed by atoms with Crippen LogP contribution in [-0.2, 0) is 9.59 Å². The standard InChI is InChI=1S/C22H33N3O3S/c1-17-8-7-9-18(16-17)21(27)24-19(11-15-29-2)22(28)23-12-10-20(26)25-13-5-3-4-6-14-25/h7-9,16,19H,3-6,10-15H2,1-2H3,(H,23,28)(H,24,27). The van der Waals surface area contributed by atoms with E-state index < -0.39 is 6.04 Å². The van der Waals surface area contributed by atoms with Gasteiger partial charge < -0.3 is 15.5 Å². The third kappa shape index (κ3) is 8.09. The summed E-state index contributed by atoms with van der Waals surface area (Å²) in [5.74, 6) is 0.370. The van der Waals surface area contributed by atoms with Crippen LogP contribution in [0.25, 0.3) is 0 Å². The van der Waals surface area contributed by atoms with E-state index in [1.807, 2.05) is 30.2 Å². The summed E-state index contributed by atoms with van der Waals surface area (Å²) >= 11 is 1.63. The predicted molar refractivity (Wildman–Crippen MR) is 118 cm³/mol. The molecule has 1 aliphatic rings. The van der Waals surface area contributed by atoms with Gasteiger partial charge in [-0.15, -0.1) is 0 Å². The molecule has 1 fully saturated rings. The minimum atomic E-state index is -0.608. The number of hydrogen-bond acceptors (Lipinski definition) is 4. The first-order valence-electron chi connectivity index (χ1n) is 10.4. The minimum Gasteiger partial charge on any atom is -0.354 e. The van der Waals surface area contributed by atoms with E-state index in [1.54, 1.807) is 23.9 Å². The lowest BCUT2D eigenvalue weighted by Gasteiger charge is -2.21. The average molecular weight is 420 g/mol. The average Bonchev–Trinajstić information content (AvgIpc) is 3.00. The van der Waals surface area contributed by atoms with Crippen LogP contribution < -0.4 is 10.6 Å². The zero-order chi connectivity index (χ0) is 21.1. The van der Waals surface area contributed by atoms with E-state index in [1.165, 1.54) is 12.8 Å². The maximum atomic E-state index is 12.6. The molecule has 6 nitrogen and oxygen atoms in total. The molecular formula is C22H33N3O3S. The second-order valence-corrected chi connectivity index (χ2v) is 8.50. The molecule has 2 N–H and O–H groups in total. The summed E-state index contributed by atoms with van der Waals surface area (Å²) < 4.78 is 0. The van der Waals surface area contributed by atoms with Crippen molar-refractivity contribution >= 4 is 29.5 Å². The molecule has 0 saturated carbocycles. The molecule has 1 aromatic rings. The molecular weight excluding hydrogens is 386 g/mol. The molecule has 1 atom stereocenters. The normalized spacial score (nSPS) is 15.3. The van der Waals surface area contributed by atoms with Crippen LogP contribution in [0.5, 0.6) is 0 Å². The van der Waals surface area contributed by atoms with Crippen LogP contribution in [0.4, 0.5) is 0 Å². The van der Waals surface area contributed by atoms with Gasteiger partial charge in [0.1, 0.15) is 6.04 Å². The van der Waals surface area contributed by atoms with Gasteiger partial charge in [0.25, 0.3) is 5.91 Å². The molecule has 2 rings (SSSR count). The second kappa shape index (κ2) is 12.5. The Morgan fingerprint density at radius 2 is 1.86 bits per heavy atom. The van der Waals surface area contributed by atoms with E-state index in [0.29, 0.717) is 24.9 Å². The zero-order valence-corrected chi connectivity index (χ0v) is 18.4. The molecule has 0 bridgehead atoms. The number of nitrogens with zero attached hydrogens (tertiary/aromatic N) is 1. The van der Waals surface area contributed by atoms with E-state index in [-0.39, 0.29) is 17.7 Å². The summed E-state index contributed by atoms with van der Waals surface area (Å²) in [5.41, 5.74) is 1.54. The van der Waals surface area contributed by atoms with Crippen molar-refractivity contribution in [3.63, 3.8) is 0 Å². The molecule has 0 aliphatic carbocycles. The fourth-order valence-corrected chi connectivity index (χ4v) is 3.90. The van der Waals surface area contributed by atoms with Gasteiger partial charge in [0.05, 0.1) is 0 Å². The predicted octanol–water partition coefficient (Wildman–Crippen LogP) is 2.76. The fraction of sp³-hybridized carbons (Fsp3) is 0.591. The van der Waals surface area contributed by atoms with Crippen molar-refractivity contribution in [1.82, 2.24) is 15.5 Å². The highest BCUT2D eigenvalue weighted by molar-refractivity contribution is 7.98. The van der Waals surface area contributed by atoms with E-state index >= 15 is 0 Å². The Labute approximate surface area is 178 Å². The van der Waals surface area contributed by atoms with E-state index in [0.717, 1.165) is 37.2 Å². The van der Waals surface area contributed by atoms with Gasteiger partial charge in [-0.25, -0.2) is 0 Å². The number of benzene rings is 1. The highest BCUT2D eigenvalue weighted by atomic mass is 32.2. The fourth-order valence-electron chi connectivity index (χ4n) is 3.43. The summed E-state index contributed by atoms with van der Waals surface area (Å²) in [6, 6.07) is 6.69. The molecule has 0 radical (unpaired) electrons. The molecule has 0 spiro atoms. The Morgan fingerprint density at radius 1 is 1.14 bits per heavy atom. The smallest absolute Gasteiger partial charge is 0.251 e. The van der Waals surface area contributed by atoms with Crippen molar-refractivity contribution in [3.8, 4) is 0 Å². The van der Waals surface area contributed by atoms with Gasteiger partial charge in [0, 0.05) is 31.6 Å². The highest BCUT2D eigenvalue weighted by Gasteiger charge is 2.22. The van der Waals surface area contributed by atoms with Gasteiger partial charge in [-0.2, -0.15) is 11.8 Å². The van der Waals surface area contributed by atoms with Gasteiger partial charge in [-0.05, 0) is 50.3 Å². The van der Waals surface area contributed by atoms with E-state index in [4.69, 9.17) is 0 Å². The number of hydrogen-bond donors (Lipinski definition) is 2. The number of amides is 3.